The summed E-state index contributed by atoms with van der Waals surface area (Å²) in [6.07, 6.45) is -0.794. The number of para-hydroxylation sites is 1. The molecule has 0 bridgehead atoms. The van der Waals surface area contributed by atoms with E-state index in [9.17, 15) is 9.59 Å². The lowest BCUT2D eigenvalue weighted by atomic mass is 10.1. The van der Waals surface area contributed by atoms with Crippen molar-refractivity contribution in [1.29, 1.82) is 0 Å². The molecule has 7 heteroatoms. The molecule has 0 saturated heterocycles. The highest BCUT2D eigenvalue weighted by atomic mass is 16.5. The number of amides is 2. The highest BCUT2D eigenvalue weighted by Gasteiger charge is 2.16. The Bertz CT molecular complexity index is 785. The highest BCUT2D eigenvalue weighted by molar-refractivity contribution is 5.85. The van der Waals surface area contributed by atoms with Crippen molar-refractivity contribution in [3.63, 3.8) is 0 Å². The summed E-state index contributed by atoms with van der Waals surface area (Å²) in [5.41, 5.74) is 6.53. The van der Waals surface area contributed by atoms with Gasteiger partial charge >= 0.3 is 0 Å². The molecule has 0 radical (unpaired) electrons. The van der Waals surface area contributed by atoms with Crippen LogP contribution in [0.5, 0.6) is 17.2 Å². The van der Waals surface area contributed by atoms with E-state index in [0.29, 0.717) is 18.1 Å². The predicted molar refractivity (Wildman–Crippen MR) is 105 cm³/mol. The molecule has 150 valence electrons. The van der Waals surface area contributed by atoms with E-state index < -0.39 is 17.9 Å². The summed E-state index contributed by atoms with van der Waals surface area (Å²) in [6.45, 7) is 7.67. The summed E-state index contributed by atoms with van der Waals surface area (Å²) in [4.78, 5) is 24.0. The van der Waals surface area contributed by atoms with Crippen molar-refractivity contribution < 1.29 is 23.8 Å². The second-order valence-electron chi connectivity index (χ2n) is 6.21. The van der Waals surface area contributed by atoms with Crippen LogP contribution in [0.4, 0.5) is 0 Å². The molecule has 0 saturated carbocycles. The van der Waals surface area contributed by atoms with Crippen LogP contribution in [-0.4, -0.2) is 31.1 Å². The average molecular weight is 386 g/mol. The standard InChI is InChI=1S/C21H26N2O5/c1-5-26-17-9-11-18(12-10-17)28-16(4)21(25)23-22-19(24)13-27-20-14(2)7-6-8-15(20)3/h6-12,16H,5,13H2,1-4H3,(H,22,24)(H,23,25)/t16-/m1/s1. The third-order valence-electron chi connectivity index (χ3n) is 3.90. The molecule has 0 fully saturated rings. The van der Waals surface area contributed by atoms with Crippen molar-refractivity contribution in [1.82, 2.24) is 10.9 Å². The molecule has 0 aliphatic carbocycles. The summed E-state index contributed by atoms with van der Waals surface area (Å²) in [5.74, 6) is 0.966. The van der Waals surface area contributed by atoms with Crippen molar-refractivity contribution >= 4 is 11.8 Å². The molecule has 0 heterocycles. The minimum absolute atomic E-state index is 0.208. The fraction of sp³-hybridized carbons (Fsp3) is 0.333. The number of rotatable bonds is 8. The van der Waals surface area contributed by atoms with Crippen LogP contribution in [-0.2, 0) is 9.59 Å². The van der Waals surface area contributed by atoms with Crippen LogP contribution in [0.25, 0.3) is 0 Å². The quantitative estimate of drug-likeness (QED) is 0.682. The van der Waals surface area contributed by atoms with Gasteiger partial charge in [-0.25, -0.2) is 0 Å². The smallest absolute Gasteiger partial charge is 0.279 e. The topological polar surface area (TPSA) is 85.9 Å². The Morgan fingerprint density at radius 2 is 1.54 bits per heavy atom. The summed E-state index contributed by atoms with van der Waals surface area (Å²) in [5, 5.41) is 0. The molecule has 0 aliphatic heterocycles. The SMILES string of the molecule is CCOc1ccc(O[C@H](C)C(=O)NNC(=O)COc2c(C)cccc2C)cc1. The number of nitrogens with one attached hydrogen (secondary N) is 2. The van der Waals surface area contributed by atoms with Gasteiger partial charge in [-0.15, -0.1) is 0 Å². The number of hydrogen-bond donors (Lipinski definition) is 2. The lowest BCUT2D eigenvalue weighted by Crippen LogP contribution is -2.48. The van der Waals surface area contributed by atoms with E-state index in [4.69, 9.17) is 14.2 Å². The molecule has 2 aromatic rings. The van der Waals surface area contributed by atoms with Crippen LogP contribution in [0.2, 0.25) is 0 Å². The highest BCUT2D eigenvalue weighted by Crippen LogP contribution is 2.22. The third kappa shape index (κ3) is 6.19. The first kappa shape index (κ1) is 21.1. The second-order valence-corrected chi connectivity index (χ2v) is 6.21. The number of carbonyl (C=O) groups is 2. The van der Waals surface area contributed by atoms with Gasteiger partial charge in [0.2, 0.25) is 0 Å². The van der Waals surface area contributed by atoms with E-state index in [-0.39, 0.29) is 6.61 Å². The summed E-state index contributed by atoms with van der Waals surface area (Å²) in [7, 11) is 0. The van der Waals surface area contributed by atoms with Gasteiger partial charge < -0.3 is 14.2 Å². The zero-order valence-electron chi connectivity index (χ0n) is 16.6. The minimum atomic E-state index is -0.794. The number of hydrazine groups is 1. The molecule has 0 aliphatic rings. The van der Waals surface area contributed by atoms with Crippen LogP contribution in [0.15, 0.2) is 42.5 Å². The monoisotopic (exact) mass is 386 g/mol. The Morgan fingerprint density at radius 3 is 2.14 bits per heavy atom. The second kappa shape index (κ2) is 10.2. The maximum Gasteiger partial charge on any atom is 0.279 e. The average Bonchev–Trinajstić information content (AvgIpc) is 2.67. The Hall–Kier alpha value is -3.22. The normalized spacial score (nSPS) is 11.3. The third-order valence-corrected chi connectivity index (χ3v) is 3.90. The van der Waals surface area contributed by atoms with Gasteiger partial charge in [-0.3, -0.25) is 20.4 Å². The summed E-state index contributed by atoms with van der Waals surface area (Å²) in [6, 6.07) is 12.7. The zero-order chi connectivity index (χ0) is 20.5. The molecule has 0 unspecified atom stereocenters. The number of aryl methyl sites for hydroxylation is 2. The maximum atomic E-state index is 12.1. The van der Waals surface area contributed by atoms with E-state index >= 15 is 0 Å². The van der Waals surface area contributed by atoms with Gasteiger partial charge in [-0.05, 0) is 63.1 Å². The predicted octanol–water partition coefficient (Wildman–Crippen LogP) is 2.70. The Morgan fingerprint density at radius 1 is 0.929 bits per heavy atom. The van der Waals surface area contributed by atoms with Crippen molar-refractivity contribution in [2.24, 2.45) is 0 Å². The van der Waals surface area contributed by atoms with Gasteiger partial charge in [-0.2, -0.15) is 0 Å². The van der Waals surface area contributed by atoms with E-state index in [2.05, 4.69) is 10.9 Å². The lowest BCUT2D eigenvalue weighted by Gasteiger charge is -2.16. The summed E-state index contributed by atoms with van der Waals surface area (Å²) >= 11 is 0. The van der Waals surface area contributed by atoms with Crippen molar-refractivity contribution in [2.45, 2.75) is 33.8 Å². The molecule has 2 N–H and O–H groups in total. The molecule has 0 aromatic heterocycles. The molecular formula is C21H26N2O5. The van der Waals surface area contributed by atoms with E-state index in [1.54, 1.807) is 31.2 Å². The first-order chi connectivity index (χ1) is 13.4. The molecule has 28 heavy (non-hydrogen) atoms. The van der Waals surface area contributed by atoms with Crippen LogP contribution in [0.3, 0.4) is 0 Å². The summed E-state index contributed by atoms with van der Waals surface area (Å²) < 4.78 is 16.4. The molecule has 1 atom stereocenters. The molecule has 2 rings (SSSR count). The number of ether oxygens (including phenoxy) is 3. The Labute approximate surface area is 165 Å². The van der Waals surface area contributed by atoms with Crippen LogP contribution in [0, 0.1) is 13.8 Å². The molecular weight excluding hydrogens is 360 g/mol. The first-order valence-corrected chi connectivity index (χ1v) is 9.08. The molecule has 0 spiro atoms. The van der Waals surface area contributed by atoms with Gasteiger partial charge in [-0.1, -0.05) is 18.2 Å². The van der Waals surface area contributed by atoms with Gasteiger partial charge in [0.1, 0.15) is 17.2 Å². The minimum Gasteiger partial charge on any atom is -0.494 e. The fourth-order valence-corrected chi connectivity index (χ4v) is 2.47. The van der Waals surface area contributed by atoms with Crippen LogP contribution >= 0.6 is 0 Å². The van der Waals surface area contributed by atoms with Gasteiger partial charge in [0, 0.05) is 0 Å². The molecule has 7 nitrogen and oxygen atoms in total. The number of benzene rings is 2. The zero-order valence-corrected chi connectivity index (χ0v) is 16.6. The van der Waals surface area contributed by atoms with E-state index in [0.717, 1.165) is 16.9 Å². The number of carbonyl (C=O) groups excluding carboxylic acids is 2. The van der Waals surface area contributed by atoms with Crippen molar-refractivity contribution in [3.05, 3.63) is 53.6 Å². The Kier molecular flexibility index (Phi) is 7.68. The van der Waals surface area contributed by atoms with Crippen molar-refractivity contribution in [3.8, 4) is 17.2 Å². The first-order valence-electron chi connectivity index (χ1n) is 9.08. The van der Waals surface area contributed by atoms with Crippen LogP contribution in [0.1, 0.15) is 25.0 Å². The van der Waals surface area contributed by atoms with Crippen LogP contribution < -0.4 is 25.1 Å². The van der Waals surface area contributed by atoms with Gasteiger partial charge in [0.15, 0.2) is 12.7 Å². The fourth-order valence-electron chi connectivity index (χ4n) is 2.47. The van der Waals surface area contributed by atoms with E-state index in [1.807, 2.05) is 39.0 Å². The molecule has 2 aromatic carbocycles. The van der Waals surface area contributed by atoms with E-state index in [1.165, 1.54) is 0 Å². The largest absolute Gasteiger partial charge is 0.494 e. The Balaban J connectivity index is 1.76. The van der Waals surface area contributed by atoms with Gasteiger partial charge in [0.25, 0.3) is 11.8 Å². The molecule has 2 amide bonds. The van der Waals surface area contributed by atoms with Crippen molar-refractivity contribution in [2.75, 3.05) is 13.2 Å². The van der Waals surface area contributed by atoms with Gasteiger partial charge in [0.05, 0.1) is 6.61 Å². The lowest BCUT2D eigenvalue weighted by molar-refractivity contribution is -0.133. The maximum absolute atomic E-state index is 12.1. The number of hydrogen-bond acceptors (Lipinski definition) is 5.